The molecule has 2 unspecified atom stereocenters. The molecular formula is C20H24N2O8. The Balaban J connectivity index is 2.44. The highest BCUT2D eigenvalue weighted by Gasteiger charge is 2.13. The standard InChI is InChI=1S/C20H24N2O8/c1-5-17(23)27-11-13(3)29-21-19(25)15-7-9-16(10-8-15)20(26)22-30-14(4)12-28-18(24)6-2/h5-10,13-14H,1-2,11-12H2,3-4H3,(H,21,25)(H,22,26). The van der Waals surface area contributed by atoms with E-state index in [1.807, 2.05) is 0 Å². The lowest BCUT2D eigenvalue weighted by molar-refractivity contribution is -0.143. The number of nitrogens with one attached hydrogen (secondary N) is 2. The third-order valence-corrected chi connectivity index (χ3v) is 3.37. The highest BCUT2D eigenvalue weighted by atomic mass is 16.7. The van der Waals surface area contributed by atoms with E-state index in [0.717, 1.165) is 12.2 Å². The number of amides is 2. The Kier molecular flexibility index (Phi) is 10.5. The van der Waals surface area contributed by atoms with E-state index in [-0.39, 0.29) is 24.3 Å². The van der Waals surface area contributed by atoms with Crippen molar-refractivity contribution in [3.8, 4) is 0 Å². The van der Waals surface area contributed by atoms with Crippen molar-refractivity contribution in [3.63, 3.8) is 0 Å². The van der Waals surface area contributed by atoms with E-state index >= 15 is 0 Å². The maximum absolute atomic E-state index is 12.1. The minimum atomic E-state index is -0.596. The lowest BCUT2D eigenvalue weighted by atomic mass is 10.1. The van der Waals surface area contributed by atoms with Crippen LogP contribution in [-0.2, 0) is 28.7 Å². The van der Waals surface area contributed by atoms with Gasteiger partial charge in [0, 0.05) is 23.3 Å². The molecule has 0 bridgehead atoms. The van der Waals surface area contributed by atoms with E-state index in [1.165, 1.54) is 24.3 Å². The highest BCUT2D eigenvalue weighted by Crippen LogP contribution is 2.05. The molecule has 0 aliphatic heterocycles. The Morgan fingerprint density at radius 1 is 0.800 bits per heavy atom. The number of carbonyl (C=O) groups excluding carboxylic acids is 4. The minimum Gasteiger partial charge on any atom is -0.460 e. The maximum Gasteiger partial charge on any atom is 0.330 e. The monoisotopic (exact) mass is 420 g/mol. The topological polar surface area (TPSA) is 129 Å². The summed E-state index contributed by atoms with van der Waals surface area (Å²) in [7, 11) is 0. The summed E-state index contributed by atoms with van der Waals surface area (Å²) in [6.07, 6.45) is 0.888. The Hall–Kier alpha value is -3.50. The third-order valence-electron chi connectivity index (χ3n) is 3.37. The van der Waals surface area contributed by atoms with E-state index in [0.29, 0.717) is 0 Å². The van der Waals surface area contributed by atoms with Crippen LogP contribution in [0.5, 0.6) is 0 Å². The van der Waals surface area contributed by atoms with Gasteiger partial charge in [-0.05, 0) is 38.1 Å². The summed E-state index contributed by atoms with van der Waals surface area (Å²) >= 11 is 0. The first kappa shape index (κ1) is 24.5. The molecule has 30 heavy (non-hydrogen) atoms. The minimum absolute atomic E-state index is 0.0601. The summed E-state index contributed by atoms with van der Waals surface area (Å²) in [5.41, 5.74) is 4.94. The summed E-state index contributed by atoms with van der Waals surface area (Å²) in [4.78, 5) is 56.2. The number of benzene rings is 1. The molecular weight excluding hydrogens is 396 g/mol. The number of carbonyl (C=O) groups is 4. The molecule has 0 radical (unpaired) electrons. The van der Waals surface area contributed by atoms with Crippen molar-refractivity contribution in [2.45, 2.75) is 26.1 Å². The second-order valence-corrected chi connectivity index (χ2v) is 5.96. The van der Waals surface area contributed by atoms with Gasteiger partial charge in [0.25, 0.3) is 11.8 Å². The number of hydrogen-bond donors (Lipinski definition) is 2. The zero-order valence-corrected chi connectivity index (χ0v) is 16.7. The average molecular weight is 420 g/mol. The fraction of sp³-hybridized carbons (Fsp3) is 0.300. The SMILES string of the molecule is C=CC(=O)OCC(C)ONC(=O)c1ccc(C(=O)NOC(C)COC(=O)C=C)cc1. The second kappa shape index (κ2) is 12.9. The fourth-order valence-corrected chi connectivity index (χ4v) is 1.78. The number of hydrogen-bond acceptors (Lipinski definition) is 8. The number of rotatable bonds is 12. The van der Waals surface area contributed by atoms with Crippen LogP contribution >= 0.6 is 0 Å². The van der Waals surface area contributed by atoms with E-state index in [9.17, 15) is 19.2 Å². The van der Waals surface area contributed by atoms with Gasteiger partial charge in [-0.25, -0.2) is 20.5 Å². The lowest BCUT2D eigenvalue weighted by Gasteiger charge is -2.14. The molecule has 0 heterocycles. The summed E-state index contributed by atoms with van der Waals surface area (Å²) in [6, 6.07) is 5.69. The Bertz CT molecular complexity index is 711. The molecule has 0 aliphatic rings. The van der Waals surface area contributed by atoms with Crippen molar-refractivity contribution in [3.05, 3.63) is 60.7 Å². The molecule has 10 nitrogen and oxygen atoms in total. The summed E-state index contributed by atoms with van der Waals surface area (Å²) < 4.78 is 9.57. The van der Waals surface area contributed by atoms with Crippen LogP contribution in [0.1, 0.15) is 34.6 Å². The zero-order chi connectivity index (χ0) is 22.5. The zero-order valence-electron chi connectivity index (χ0n) is 16.7. The Labute approximate surface area is 173 Å². The van der Waals surface area contributed by atoms with Gasteiger partial charge in [0.05, 0.1) is 0 Å². The van der Waals surface area contributed by atoms with Crippen molar-refractivity contribution in [1.29, 1.82) is 0 Å². The molecule has 10 heteroatoms. The van der Waals surface area contributed by atoms with E-state index in [4.69, 9.17) is 19.1 Å². The summed E-state index contributed by atoms with van der Waals surface area (Å²) in [5.74, 6) is -2.28. The molecule has 2 amide bonds. The predicted molar refractivity (Wildman–Crippen MR) is 105 cm³/mol. The van der Waals surface area contributed by atoms with Gasteiger partial charge in [0.1, 0.15) is 25.4 Å². The quantitative estimate of drug-likeness (QED) is 0.294. The van der Waals surface area contributed by atoms with Crippen molar-refractivity contribution < 1.29 is 38.3 Å². The number of esters is 2. The molecule has 1 rings (SSSR count). The largest absolute Gasteiger partial charge is 0.460 e. The molecule has 2 atom stereocenters. The van der Waals surface area contributed by atoms with Crippen LogP contribution in [0.3, 0.4) is 0 Å². The first-order valence-corrected chi connectivity index (χ1v) is 8.87. The normalized spacial score (nSPS) is 12.1. The first-order valence-electron chi connectivity index (χ1n) is 8.87. The van der Waals surface area contributed by atoms with Crippen molar-refractivity contribution in [1.82, 2.24) is 11.0 Å². The second-order valence-electron chi connectivity index (χ2n) is 5.96. The smallest absolute Gasteiger partial charge is 0.330 e. The van der Waals surface area contributed by atoms with E-state index < -0.39 is 36.0 Å². The molecule has 2 N–H and O–H groups in total. The third kappa shape index (κ3) is 9.13. The Morgan fingerprint density at radius 3 is 1.43 bits per heavy atom. The van der Waals surface area contributed by atoms with Gasteiger partial charge in [-0.3, -0.25) is 19.3 Å². The van der Waals surface area contributed by atoms with Gasteiger partial charge in [-0.2, -0.15) is 0 Å². The molecule has 0 fully saturated rings. The van der Waals surface area contributed by atoms with Crippen molar-refractivity contribution in [2.75, 3.05) is 13.2 Å². The average Bonchev–Trinajstić information content (AvgIpc) is 2.77. The molecule has 0 aliphatic carbocycles. The van der Waals surface area contributed by atoms with Crippen LogP contribution in [0.2, 0.25) is 0 Å². The summed E-state index contributed by atoms with van der Waals surface area (Å²) in [6.45, 7) is 9.62. The van der Waals surface area contributed by atoms with E-state index in [2.05, 4.69) is 24.1 Å². The molecule has 1 aromatic rings. The molecule has 0 spiro atoms. The fourth-order valence-electron chi connectivity index (χ4n) is 1.78. The lowest BCUT2D eigenvalue weighted by Crippen LogP contribution is -2.32. The number of hydroxylamine groups is 2. The van der Waals surface area contributed by atoms with Crippen LogP contribution in [0.15, 0.2) is 49.6 Å². The van der Waals surface area contributed by atoms with Crippen molar-refractivity contribution in [2.24, 2.45) is 0 Å². The number of ether oxygens (including phenoxy) is 2. The van der Waals surface area contributed by atoms with Crippen LogP contribution in [0.4, 0.5) is 0 Å². The molecule has 0 saturated carbocycles. The van der Waals surface area contributed by atoms with Gasteiger partial charge in [-0.1, -0.05) is 13.2 Å². The maximum atomic E-state index is 12.1. The van der Waals surface area contributed by atoms with Gasteiger partial charge >= 0.3 is 11.9 Å². The highest BCUT2D eigenvalue weighted by molar-refractivity contribution is 5.97. The Morgan fingerprint density at radius 2 is 1.13 bits per heavy atom. The summed E-state index contributed by atoms with van der Waals surface area (Å²) in [5, 5.41) is 0. The van der Waals surface area contributed by atoms with Gasteiger partial charge in [-0.15, -0.1) is 0 Å². The van der Waals surface area contributed by atoms with Gasteiger partial charge in [0.15, 0.2) is 0 Å². The van der Waals surface area contributed by atoms with Crippen LogP contribution in [0.25, 0.3) is 0 Å². The predicted octanol–water partition coefficient (Wildman–Crippen LogP) is 1.24. The molecule has 1 aromatic carbocycles. The molecule has 0 saturated heterocycles. The van der Waals surface area contributed by atoms with Gasteiger partial charge < -0.3 is 9.47 Å². The van der Waals surface area contributed by atoms with Crippen LogP contribution in [-0.4, -0.2) is 49.2 Å². The van der Waals surface area contributed by atoms with Gasteiger partial charge in [0.2, 0.25) is 0 Å². The first-order chi connectivity index (χ1) is 14.3. The van der Waals surface area contributed by atoms with Crippen LogP contribution in [0, 0.1) is 0 Å². The van der Waals surface area contributed by atoms with Crippen molar-refractivity contribution >= 4 is 23.8 Å². The van der Waals surface area contributed by atoms with Crippen LogP contribution < -0.4 is 11.0 Å². The van der Waals surface area contributed by atoms with E-state index in [1.54, 1.807) is 13.8 Å². The molecule has 0 aromatic heterocycles. The molecule has 162 valence electrons.